The Hall–Kier alpha value is -0.770. The van der Waals surface area contributed by atoms with Gasteiger partial charge in [0.1, 0.15) is 5.75 Å². The Morgan fingerprint density at radius 3 is 2.57 bits per heavy atom. The highest BCUT2D eigenvalue weighted by molar-refractivity contribution is 6.32. The number of hydrogen-bond acceptors (Lipinski definition) is 3. The molecular formula is C17H26ClNO2. The van der Waals surface area contributed by atoms with E-state index in [2.05, 4.69) is 6.07 Å². The van der Waals surface area contributed by atoms with E-state index in [4.69, 9.17) is 22.1 Å². The Labute approximate surface area is 132 Å². The van der Waals surface area contributed by atoms with Crippen LogP contribution in [0.3, 0.4) is 0 Å². The van der Waals surface area contributed by atoms with Crippen LogP contribution in [0, 0.1) is 11.8 Å². The van der Waals surface area contributed by atoms with Gasteiger partial charge in [-0.2, -0.15) is 0 Å². The quantitative estimate of drug-likeness (QED) is 0.844. The van der Waals surface area contributed by atoms with Crippen LogP contribution in [-0.4, -0.2) is 24.9 Å². The van der Waals surface area contributed by atoms with Gasteiger partial charge < -0.3 is 15.6 Å². The average molecular weight is 312 g/mol. The fourth-order valence-electron chi connectivity index (χ4n) is 3.39. The molecule has 1 fully saturated rings. The molecule has 1 atom stereocenters. The van der Waals surface area contributed by atoms with E-state index in [0.29, 0.717) is 42.5 Å². The van der Waals surface area contributed by atoms with Crippen molar-refractivity contribution in [1.82, 2.24) is 0 Å². The number of rotatable bonds is 6. The molecule has 4 heteroatoms. The Balaban J connectivity index is 2.09. The van der Waals surface area contributed by atoms with Gasteiger partial charge in [-0.3, -0.25) is 0 Å². The average Bonchev–Trinajstić information content (AvgIpc) is 2.51. The van der Waals surface area contributed by atoms with Gasteiger partial charge in [-0.1, -0.05) is 17.7 Å². The third-order valence-corrected chi connectivity index (χ3v) is 4.95. The Morgan fingerprint density at radius 2 is 2.05 bits per heavy atom. The van der Waals surface area contributed by atoms with Gasteiger partial charge in [0.2, 0.25) is 0 Å². The lowest BCUT2D eigenvalue weighted by Gasteiger charge is -2.33. The highest BCUT2D eigenvalue weighted by Gasteiger charge is 2.28. The summed E-state index contributed by atoms with van der Waals surface area (Å²) in [5.74, 6) is 2.15. The summed E-state index contributed by atoms with van der Waals surface area (Å²) in [7, 11) is 0. The van der Waals surface area contributed by atoms with Crippen molar-refractivity contribution < 1.29 is 9.84 Å². The largest absolute Gasteiger partial charge is 0.492 e. The molecular weight excluding hydrogens is 286 g/mol. The minimum absolute atomic E-state index is 0.314. The molecule has 0 aromatic heterocycles. The van der Waals surface area contributed by atoms with E-state index in [9.17, 15) is 5.11 Å². The molecule has 118 valence electrons. The van der Waals surface area contributed by atoms with E-state index >= 15 is 0 Å². The molecule has 3 nitrogen and oxygen atoms in total. The van der Waals surface area contributed by atoms with Crippen molar-refractivity contribution in [1.29, 1.82) is 0 Å². The van der Waals surface area contributed by atoms with E-state index in [1.165, 1.54) is 5.56 Å². The minimum atomic E-state index is 0.314. The van der Waals surface area contributed by atoms with Crippen LogP contribution in [0.2, 0.25) is 5.02 Å². The SMILES string of the molecule is CCOc1ccc(C(CN)C2CCC(CO)CC2)cc1Cl. The summed E-state index contributed by atoms with van der Waals surface area (Å²) in [5, 5.41) is 9.92. The zero-order chi connectivity index (χ0) is 15.2. The standard InChI is InChI=1S/C17H26ClNO2/c1-2-21-17-8-7-14(9-16(17)18)15(10-19)13-5-3-12(11-20)4-6-13/h7-9,12-13,15,20H,2-6,10-11,19H2,1H3. The molecule has 1 unspecified atom stereocenters. The van der Waals surface area contributed by atoms with Gasteiger partial charge in [0.05, 0.1) is 11.6 Å². The smallest absolute Gasteiger partial charge is 0.137 e. The first-order chi connectivity index (χ1) is 10.2. The van der Waals surface area contributed by atoms with Gasteiger partial charge in [0, 0.05) is 6.61 Å². The van der Waals surface area contributed by atoms with Crippen molar-refractivity contribution in [2.45, 2.75) is 38.5 Å². The van der Waals surface area contributed by atoms with Gasteiger partial charge in [-0.25, -0.2) is 0 Å². The Morgan fingerprint density at radius 1 is 1.33 bits per heavy atom. The maximum absolute atomic E-state index is 9.25. The molecule has 21 heavy (non-hydrogen) atoms. The molecule has 1 aromatic rings. The van der Waals surface area contributed by atoms with E-state index < -0.39 is 0 Å². The third kappa shape index (κ3) is 4.12. The second kappa shape index (κ2) is 8.02. The molecule has 3 N–H and O–H groups in total. The fraction of sp³-hybridized carbons (Fsp3) is 0.647. The molecule has 0 bridgehead atoms. The first-order valence-corrected chi connectivity index (χ1v) is 8.30. The zero-order valence-electron chi connectivity index (χ0n) is 12.7. The molecule has 0 aliphatic heterocycles. The summed E-state index contributed by atoms with van der Waals surface area (Å²) in [6.07, 6.45) is 4.47. The molecule has 1 aliphatic carbocycles. The number of benzene rings is 1. The van der Waals surface area contributed by atoms with Crippen LogP contribution in [0.5, 0.6) is 5.75 Å². The van der Waals surface area contributed by atoms with Crippen molar-refractivity contribution in [3.05, 3.63) is 28.8 Å². The van der Waals surface area contributed by atoms with Gasteiger partial charge in [0.25, 0.3) is 0 Å². The highest BCUT2D eigenvalue weighted by atomic mass is 35.5. The topological polar surface area (TPSA) is 55.5 Å². The zero-order valence-corrected chi connectivity index (χ0v) is 13.5. The molecule has 1 aromatic carbocycles. The van der Waals surface area contributed by atoms with Crippen LogP contribution >= 0.6 is 11.6 Å². The van der Waals surface area contributed by atoms with Crippen LogP contribution in [-0.2, 0) is 0 Å². The highest BCUT2D eigenvalue weighted by Crippen LogP contribution is 2.39. The van der Waals surface area contributed by atoms with Gasteiger partial charge >= 0.3 is 0 Å². The summed E-state index contributed by atoms with van der Waals surface area (Å²) >= 11 is 6.29. The Kier molecular flexibility index (Phi) is 6.34. The molecule has 1 saturated carbocycles. The third-order valence-electron chi connectivity index (χ3n) is 4.66. The number of nitrogens with two attached hydrogens (primary N) is 1. The summed E-state index contributed by atoms with van der Waals surface area (Å²) < 4.78 is 5.49. The lowest BCUT2D eigenvalue weighted by atomic mass is 9.73. The first kappa shape index (κ1) is 16.6. The summed E-state index contributed by atoms with van der Waals surface area (Å²) in [4.78, 5) is 0. The van der Waals surface area contributed by atoms with E-state index in [1.54, 1.807) is 0 Å². The molecule has 0 spiro atoms. The summed E-state index contributed by atoms with van der Waals surface area (Å²) in [6.45, 7) is 3.52. The number of hydrogen-bond donors (Lipinski definition) is 2. The maximum atomic E-state index is 9.25. The first-order valence-electron chi connectivity index (χ1n) is 7.92. The number of halogens is 1. The van der Waals surface area contributed by atoms with Gasteiger partial charge in [-0.15, -0.1) is 0 Å². The molecule has 0 amide bonds. The van der Waals surface area contributed by atoms with Crippen molar-refractivity contribution in [3.63, 3.8) is 0 Å². The normalized spacial score (nSPS) is 23.8. The van der Waals surface area contributed by atoms with Gasteiger partial charge in [0.15, 0.2) is 0 Å². The fourth-order valence-corrected chi connectivity index (χ4v) is 3.64. The molecule has 0 radical (unpaired) electrons. The van der Waals surface area contributed by atoms with Crippen molar-refractivity contribution >= 4 is 11.6 Å². The molecule has 0 heterocycles. The number of ether oxygens (including phenoxy) is 1. The lowest BCUT2D eigenvalue weighted by molar-refractivity contribution is 0.158. The van der Waals surface area contributed by atoms with Gasteiger partial charge in [-0.05, 0) is 74.6 Å². The number of aliphatic hydroxyl groups excluding tert-OH is 1. The monoisotopic (exact) mass is 311 g/mol. The van der Waals surface area contributed by atoms with Crippen LogP contribution in [0.4, 0.5) is 0 Å². The molecule has 1 aliphatic rings. The maximum Gasteiger partial charge on any atom is 0.137 e. The van der Waals surface area contributed by atoms with E-state index in [1.807, 2.05) is 19.1 Å². The summed E-state index contributed by atoms with van der Waals surface area (Å²) in [5.41, 5.74) is 7.23. The summed E-state index contributed by atoms with van der Waals surface area (Å²) in [6, 6.07) is 6.04. The van der Waals surface area contributed by atoms with Crippen LogP contribution in [0.15, 0.2) is 18.2 Å². The van der Waals surface area contributed by atoms with Crippen LogP contribution < -0.4 is 10.5 Å². The molecule has 2 rings (SSSR count). The Bertz CT molecular complexity index is 444. The lowest BCUT2D eigenvalue weighted by Crippen LogP contribution is -2.26. The molecule has 0 saturated heterocycles. The van der Waals surface area contributed by atoms with Crippen LogP contribution in [0.25, 0.3) is 0 Å². The van der Waals surface area contributed by atoms with Crippen molar-refractivity contribution in [2.75, 3.05) is 19.8 Å². The van der Waals surface area contributed by atoms with Crippen molar-refractivity contribution in [3.8, 4) is 5.75 Å². The predicted molar refractivity (Wildman–Crippen MR) is 87.0 cm³/mol. The second-order valence-corrected chi connectivity index (χ2v) is 6.34. The van der Waals surface area contributed by atoms with E-state index in [-0.39, 0.29) is 0 Å². The second-order valence-electron chi connectivity index (χ2n) is 5.93. The van der Waals surface area contributed by atoms with Crippen LogP contribution in [0.1, 0.15) is 44.1 Å². The minimum Gasteiger partial charge on any atom is -0.492 e. The predicted octanol–water partition coefficient (Wildman–Crippen LogP) is 3.58. The van der Waals surface area contributed by atoms with E-state index in [0.717, 1.165) is 31.4 Å². The van der Waals surface area contributed by atoms with Crippen molar-refractivity contribution in [2.24, 2.45) is 17.6 Å². The number of aliphatic hydroxyl groups is 1.